The number of amides is 1. The number of rotatable bonds is 1. The van der Waals surface area contributed by atoms with Gasteiger partial charge in [-0.3, -0.25) is 15.1 Å². The van der Waals surface area contributed by atoms with Crippen LogP contribution in [-0.4, -0.2) is 53.6 Å². The van der Waals surface area contributed by atoms with E-state index in [1.54, 1.807) is 41.6 Å². The van der Waals surface area contributed by atoms with E-state index < -0.39 is 9.73 Å². The Labute approximate surface area is 222 Å². The van der Waals surface area contributed by atoms with Crippen LogP contribution >= 0.6 is 0 Å². The third-order valence-electron chi connectivity index (χ3n) is 6.87. The van der Waals surface area contributed by atoms with Gasteiger partial charge in [0.15, 0.2) is 0 Å². The number of aryl methyl sites for hydroxylation is 2. The third-order valence-corrected chi connectivity index (χ3v) is 7.52. The summed E-state index contributed by atoms with van der Waals surface area (Å²) in [6.45, 7) is 6.70. The van der Waals surface area contributed by atoms with Gasteiger partial charge in [-0.1, -0.05) is 6.92 Å². The second-order valence-electron chi connectivity index (χ2n) is 10.3. The smallest absolute Gasteiger partial charge is 0.258 e. The average molecular weight is 536 g/mol. The van der Waals surface area contributed by atoms with Crippen LogP contribution < -0.4 is 10.1 Å². The number of imidazole rings is 1. The molecule has 2 atom stereocenters. The van der Waals surface area contributed by atoms with Crippen LogP contribution in [0.5, 0.6) is 5.88 Å². The molecule has 38 heavy (non-hydrogen) atoms. The Morgan fingerprint density at radius 1 is 1.16 bits per heavy atom. The zero-order chi connectivity index (χ0) is 27.2. The van der Waals surface area contributed by atoms with Gasteiger partial charge in [-0.2, -0.15) is 9.46 Å². The Morgan fingerprint density at radius 2 is 1.95 bits per heavy atom. The molecule has 0 unspecified atom stereocenters. The van der Waals surface area contributed by atoms with E-state index in [-0.39, 0.29) is 17.9 Å². The zero-order valence-electron chi connectivity index (χ0n) is 22.6. The molecule has 5 rings (SSSR count). The van der Waals surface area contributed by atoms with Crippen molar-refractivity contribution < 1.29 is 13.7 Å². The maximum absolute atomic E-state index is 13.6. The van der Waals surface area contributed by atoms with E-state index in [0.717, 1.165) is 29.4 Å². The Balaban J connectivity index is 1.66. The quantitative estimate of drug-likeness (QED) is 0.362. The molecular weight excluding hydrogens is 502 g/mol. The molecule has 10 nitrogen and oxygen atoms in total. The molecule has 1 aromatic carbocycles. The normalized spacial score (nSPS) is 18.5. The highest BCUT2D eigenvalue weighted by Gasteiger charge is 2.24. The fourth-order valence-corrected chi connectivity index (χ4v) is 5.47. The lowest BCUT2D eigenvalue weighted by Crippen LogP contribution is -2.21. The Kier molecular flexibility index (Phi) is 6.72. The van der Waals surface area contributed by atoms with Crippen LogP contribution in [0.15, 0.2) is 40.9 Å². The molecule has 2 bridgehead atoms. The maximum Gasteiger partial charge on any atom is 0.258 e. The molecule has 11 heteroatoms. The predicted octanol–water partition coefficient (Wildman–Crippen LogP) is 5.12. The van der Waals surface area contributed by atoms with E-state index in [0.29, 0.717) is 41.1 Å². The highest BCUT2D eigenvalue weighted by molar-refractivity contribution is 7.92. The molecule has 0 saturated heterocycles. The molecule has 1 N–H and O–H groups in total. The van der Waals surface area contributed by atoms with Crippen LogP contribution in [0, 0.1) is 12.8 Å². The minimum atomic E-state index is -2.33. The van der Waals surface area contributed by atoms with Crippen LogP contribution in [0.4, 0.5) is 11.6 Å². The minimum absolute atomic E-state index is 0.00490. The number of pyridine rings is 1. The van der Waals surface area contributed by atoms with Crippen LogP contribution in [0.1, 0.15) is 48.8 Å². The van der Waals surface area contributed by atoms with Crippen LogP contribution in [0.2, 0.25) is 0 Å². The standard InChI is InChI=1S/C27H33N7O3S/c1-16-8-7-11-37-26-21(15-28-33(26)4)23-13-19(12-17(2)29-23)25(35)31-27-30-22-10-9-20(32-38(5,6)36)14-24(22)34(27)18(16)3/h9-10,12-16,18H,7-8,11H2,1-6H3,(H,30,31,35)/t16-,18-/m1/s1. The lowest BCUT2D eigenvalue weighted by molar-refractivity contribution is 0.102. The largest absolute Gasteiger partial charge is 0.477 e. The summed E-state index contributed by atoms with van der Waals surface area (Å²) in [7, 11) is -0.497. The first-order chi connectivity index (χ1) is 18.0. The van der Waals surface area contributed by atoms with Gasteiger partial charge in [0.1, 0.15) is 0 Å². The van der Waals surface area contributed by atoms with Gasteiger partial charge in [-0.15, -0.1) is 0 Å². The van der Waals surface area contributed by atoms with Gasteiger partial charge >= 0.3 is 0 Å². The molecule has 0 spiro atoms. The molecule has 0 fully saturated rings. The van der Waals surface area contributed by atoms with Gasteiger partial charge < -0.3 is 9.30 Å². The van der Waals surface area contributed by atoms with Crippen LogP contribution in [0.3, 0.4) is 0 Å². The van der Waals surface area contributed by atoms with Gasteiger partial charge in [0, 0.05) is 46.6 Å². The van der Waals surface area contributed by atoms with Crippen molar-refractivity contribution in [2.75, 3.05) is 24.4 Å². The van der Waals surface area contributed by atoms with Crippen molar-refractivity contribution in [2.24, 2.45) is 17.3 Å². The highest BCUT2D eigenvalue weighted by Crippen LogP contribution is 2.34. The first kappa shape index (κ1) is 25.9. The fraction of sp³-hybridized carbons (Fsp3) is 0.407. The number of benzene rings is 1. The van der Waals surface area contributed by atoms with E-state index in [1.165, 1.54) is 0 Å². The summed E-state index contributed by atoms with van der Waals surface area (Å²) in [6, 6.07) is 9.06. The summed E-state index contributed by atoms with van der Waals surface area (Å²) in [5.41, 5.74) is 4.71. The average Bonchev–Trinajstić information content (AvgIpc) is 3.38. The SMILES string of the molecule is Cc1cc2cc(n1)-c1cnn(C)c1OCCC[C@@H](C)[C@@H](C)n1c(nc3ccc(N=S(C)(C)=O)cc31)NC2=O. The van der Waals surface area contributed by atoms with E-state index in [9.17, 15) is 9.00 Å². The second kappa shape index (κ2) is 9.86. The van der Waals surface area contributed by atoms with Crippen molar-refractivity contribution in [3.05, 3.63) is 47.8 Å². The summed E-state index contributed by atoms with van der Waals surface area (Å²) >= 11 is 0. The Morgan fingerprint density at radius 3 is 2.71 bits per heavy atom. The van der Waals surface area contributed by atoms with Gasteiger partial charge in [0.25, 0.3) is 5.91 Å². The molecular formula is C27H33N7O3S. The van der Waals surface area contributed by atoms with Crippen molar-refractivity contribution >= 4 is 38.3 Å². The first-order valence-electron chi connectivity index (χ1n) is 12.6. The molecule has 4 aromatic rings. The van der Waals surface area contributed by atoms with E-state index >= 15 is 0 Å². The van der Waals surface area contributed by atoms with E-state index in [1.807, 2.05) is 26.1 Å². The summed E-state index contributed by atoms with van der Waals surface area (Å²) < 4.78 is 26.6. The van der Waals surface area contributed by atoms with Gasteiger partial charge in [0.05, 0.1) is 40.8 Å². The van der Waals surface area contributed by atoms with Crippen LogP contribution in [-0.2, 0) is 16.8 Å². The van der Waals surface area contributed by atoms with Crippen molar-refractivity contribution in [3.8, 4) is 17.1 Å². The number of carbonyl (C=O) groups is 1. The fourth-order valence-electron chi connectivity index (χ4n) is 4.85. The summed E-state index contributed by atoms with van der Waals surface area (Å²) in [5, 5.41) is 7.41. The topological polar surface area (TPSA) is 116 Å². The predicted molar refractivity (Wildman–Crippen MR) is 150 cm³/mol. The molecule has 0 aliphatic carbocycles. The van der Waals surface area contributed by atoms with Crippen molar-refractivity contribution in [2.45, 2.75) is 39.7 Å². The Bertz CT molecular complexity index is 1650. The van der Waals surface area contributed by atoms with Crippen molar-refractivity contribution in [1.29, 1.82) is 0 Å². The molecule has 1 amide bonds. The lowest BCUT2D eigenvalue weighted by Gasteiger charge is -2.24. The second-order valence-corrected chi connectivity index (χ2v) is 12.8. The summed E-state index contributed by atoms with van der Waals surface area (Å²) in [6.07, 6.45) is 6.67. The highest BCUT2D eigenvalue weighted by atomic mass is 32.2. The number of hydrogen-bond donors (Lipinski definition) is 1. The van der Waals surface area contributed by atoms with Crippen molar-refractivity contribution in [3.63, 3.8) is 0 Å². The van der Waals surface area contributed by atoms with E-state index in [4.69, 9.17) is 9.72 Å². The van der Waals surface area contributed by atoms with Crippen molar-refractivity contribution in [1.82, 2.24) is 24.3 Å². The monoisotopic (exact) mass is 535 g/mol. The number of nitrogens with one attached hydrogen (secondary N) is 1. The lowest BCUT2D eigenvalue weighted by atomic mass is 9.97. The molecule has 1 aliphatic heterocycles. The Hall–Kier alpha value is -3.73. The number of fused-ring (bicyclic) bond motifs is 7. The minimum Gasteiger partial charge on any atom is -0.477 e. The molecule has 4 heterocycles. The molecule has 0 saturated carbocycles. The summed E-state index contributed by atoms with van der Waals surface area (Å²) in [5.74, 6) is 1.04. The van der Waals surface area contributed by atoms with Crippen LogP contribution in [0.25, 0.3) is 22.3 Å². The number of hydrogen-bond acceptors (Lipinski definition) is 7. The molecule has 1 aliphatic rings. The number of aromatic nitrogens is 5. The van der Waals surface area contributed by atoms with Gasteiger partial charge in [-0.05, 0) is 62.9 Å². The first-order valence-corrected chi connectivity index (χ1v) is 15.0. The zero-order valence-corrected chi connectivity index (χ0v) is 23.4. The van der Waals surface area contributed by atoms with E-state index in [2.05, 4.69) is 38.2 Å². The maximum atomic E-state index is 13.6. The number of carbonyl (C=O) groups excluding carboxylic acids is 1. The molecule has 3 aromatic heterocycles. The molecule has 0 radical (unpaired) electrons. The number of anilines is 1. The number of ether oxygens (including phenoxy) is 1. The number of nitrogens with zero attached hydrogens (tertiary/aromatic N) is 6. The third kappa shape index (κ3) is 5.15. The summed E-state index contributed by atoms with van der Waals surface area (Å²) in [4.78, 5) is 23.0. The molecule has 200 valence electrons. The van der Waals surface area contributed by atoms with Gasteiger partial charge in [0.2, 0.25) is 11.8 Å². The van der Waals surface area contributed by atoms with Gasteiger partial charge in [-0.25, -0.2) is 13.9 Å².